The molecule has 5 heteroatoms. The van der Waals surface area contributed by atoms with E-state index in [1.54, 1.807) is 11.3 Å². The van der Waals surface area contributed by atoms with Gasteiger partial charge in [-0.1, -0.05) is 18.2 Å². The van der Waals surface area contributed by atoms with Crippen molar-refractivity contribution in [3.8, 4) is 10.7 Å². The number of rotatable bonds is 2. The number of nitrogens with zero attached hydrogens (tertiary/aromatic N) is 2. The molecular weight excluding hydrogens is 334 g/mol. The molecule has 102 valence electrons. The van der Waals surface area contributed by atoms with Gasteiger partial charge in [-0.15, -0.1) is 11.3 Å². The van der Waals surface area contributed by atoms with Gasteiger partial charge in [-0.05, 0) is 41.9 Å². The predicted molar refractivity (Wildman–Crippen MR) is 87.9 cm³/mol. The van der Waals surface area contributed by atoms with E-state index in [2.05, 4.69) is 33.0 Å². The molecule has 3 rings (SSSR count). The third-order valence-electron chi connectivity index (χ3n) is 3.13. The molecule has 1 aromatic carbocycles. The van der Waals surface area contributed by atoms with Crippen LogP contribution in [0.4, 0.5) is 0 Å². The average Bonchev–Trinajstić information content (AvgIpc) is 2.80. The van der Waals surface area contributed by atoms with Crippen molar-refractivity contribution in [2.45, 2.75) is 19.9 Å². The second-order valence-electron chi connectivity index (χ2n) is 4.77. The molecule has 0 amide bonds. The van der Waals surface area contributed by atoms with Gasteiger partial charge < -0.3 is 5.73 Å². The number of pyridine rings is 1. The normalized spacial score (nSPS) is 12.8. The first-order chi connectivity index (χ1) is 9.56. The largest absolute Gasteiger partial charge is 0.323 e. The Hall–Kier alpha value is -1.30. The molecule has 0 bridgehead atoms. The fourth-order valence-electron chi connectivity index (χ4n) is 2.17. The second kappa shape index (κ2) is 5.24. The van der Waals surface area contributed by atoms with Crippen LogP contribution in [0.2, 0.25) is 0 Å². The average molecular weight is 348 g/mol. The predicted octanol–water partition coefficient (Wildman–Crippen LogP) is 4.45. The van der Waals surface area contributed by atoms with E-state index >= 15 is 0 Å². The topological polar surface area (TPSA) is 51.8 Å². The minimum Gasteiger partial charge on any atom is -0.323 e. The van der Waals surface area contributed by atoms with Gasteiger partial charge in [0.15, 0.2) is 0 Å². The smallest absolute Gasteiger partial charge is 0.143 e. The summed E-state index contributed by atoms with van der Waals surface area (Å²) in [5.41, 5.74) is 8.81. The number of aryl methyl sites for hydroxylation is 1. The number of para-hydroxylation sites is 1. The van der Waals surface area contributed by atoms with E-state index in [0.717, 1.165) is 36.6 Å². The third kappa shape index (κ3) is 2.37. The van der Waals surface area contributed by atoms with E-state index in [9.17, 15) is 0 Å². The maximum atomic E-state index is 5.97. The van der Waals surface area contributed by atoms with Crippen LogP contribution in [0.3, 0.4) is 0 Å². The number of halogens is 1. The molecule has 20 heavy (non-hydrogen) atoms. The highest BCUT2D eigenvalue weighted by molar-refractivity contribution is 9.10. The molecule has 0 aliphatic carbocycles. The zero-order valence-electron chi connectivity index (χ0n) is 11.2. The second-order valence-corrected chi connectivity index (χ2v) is 6.65. The van der Waals surface area contributed by atoms with Crippen molar-refractivity contribution >= 4 is 38.2 Å². The molecule has 1 atom stereocenters. The molecule has 0 spiro atoms. The molecule has 0 radical (unpaired) electrons. The number of hydrogen-bond donors (Lipinski definition) is 1. The Balaban J connectivity index is 2.18. The van der Waals surface area contributed by atoms with Crippen LogP contribution in [-0.2, 0) is 0 Å². The number of nitrogens with two attached hydrogens (primary N) is 1. The van der Waals surface area contributed by atoms with Crippen LogP contribution < -0.4 is 5.73 Å². The van der Waals surface area contributed by atoms with Crippen molar-refractivity contribution in [3.05, 3.63) is 45.4 Å². The van der Waals surface area contributed by atoms with Gasteiger partial charge in [0.1, 0.15) is 10.7 Å². The molecular formula is C15H14BrN3S. The van der Waals surface area contributed by atoms with Crippen molar-refractivity contribution in [3.63, 3.8) is 0 Å². The molecule has 0 fully saturated rings. The van der Waals surface area contributed by atoms with Crippen molar-refractivity contribution < 1.29 is 0 Å². The minimum absolute atomic E-state index is 0.000446. The van der Waals surface area contributed by atoms with Crippen LogP contribution in [-0.4, -0.2) is 9.97 Å². The summed E-state index contributed by atoms with van der Waals surface area (Å²) in [4.78, 5) is 10.4. The Bertz CT molecular complexity index is 780. The first-order valence-corrected chi connectivity index (χ1v) is 7.96. The summed E-state index contributed by atoms with van der Waals surface area (Å²) in [7, 11) is 0. The summed E-state index contributed by atoms with van der Waals surface area (Å²) < 4.78 is 0.959. The van der Waals surface area contributed by atoms with Crippen molar-refractivity contribution in [2.75, 3.05) is 0 Å². The fourth-order valence-corrected chi connectivity index (χ4v) is 3.85. The van der Waals surface area contributed by atoms with Gasteiger partial charge in [0.05, 0.1) is 11.2 Å². The molecule has 2 aromatic heterocycles. The Labute approximate surface area is 130 Å². The molecule has 0 aliphatic rings. The van der Waals surface area contributed by atoms with Crippen LogP contribution in [0.25, 0.3) is 21.6 Å². The summed E-state index contributed by atoms with van der Waals surface area (Å²) in [6.45, 7) is 3.97. The van der Waals surface area contributed by atoms with E-state index in [-0.39, 0.29) is 6.04 Å². The molecule has 0 aliphatic heterocycles. The van der Waals surface area contributed by atoms with Crippen molar-refractivity contribution in [1.29, 1.82) is 0 Å². The summed E-state index contributed by atoms with van der Waals surface area (Å²) >= 11 is 5.21. The van der Waals surface area contributed by atoms with Gasteiger partial charge in [-0.25, -0.2) is 9.97 Å². The molecule has 0 saturated carbocycles. The Morgan fingerprint density at radius 3 is 2.70 bits per heavy atom. The van der Waals surface area contributed by atoms with Gasteiger partial charge in [-0.3, -0.25) is 0 Å². The van der Waals surface area contributed by atoms with Crippen LogP contribution in [0, 0.1) is 6.92 Å². The number of benzene rings is 1. The minimum atomic E-state index is 0.000446. The van der Waals surface area contributed by atoms with Crippen LogP contribution in [0.5, 0.6) is 0 Å². The van der Waals surface area contributed by atoms with Gasteiger partial charge >= 0.3 is 0 Å². The Kier molecular flexibility index (Phi) is 3.58. The monoisotopic (exact) mass is 347 g/mol. The van der Waals surface area contributed by atoms with E-state index in [1.165, 1.54) is 0 Å². The highest BCUT2D eigenvalue weighted by atomic mass is 79.9. The first-order valence-electron chi connectivity index (χ1n) is 6.35. The molecule has 0 saturated heterocycles. The van der Waals surface area contributed by atoms with Crippen LogP contribution in [0.15, 0.2) is 34.8 Å². The molecule has 2 N–H and O–H groups in total. The lowest BCUT2D eigenvalue weighted by atomic mass is 10.2. The standard InChI is InChI=1S/C15H14BrN3S/c1-8(17)14-9(2)18-15(20-14)13-11(16)7-10-5-3-4-6-12(10)19-13/h3-8H,17H2,1-2H3. The van der Waals surface area contributed by atoms with E-state index < -0.39 is 0 Å². The fraction of sp³-hybridized carbons (Fsp3) is 0.200. The summed E-state index contributed by atoms with van der Waals surface area (Å²) in [6.07, 6.45) is 0. The van der Waals surface area contributed by atoms with Crippen LogP contribution in [0.1, 0.15) is 23.5 Å². The molecule has 2 heterocycles. The number of thiazole rings is 1. The van der Waals surface area contributed by atoms with E-state index in [0.29, 0.717) is 0 Å². The lowest BCUT2D eigenvalue weighted by Gasteiger charge is -2.03. The maximum absolute atomic E-state index is 5.97. The maximum Gasteiger partial charge on any atom is 0.143 e. The molecule has 1 unspecified atom stereocenters. The lowest BCUT2D eigenvalue weighted by molar-refractivity contribution is 0.825. The highest BCUT2D eigenvalue weighted by Crippen LogP contribution is 2.35. The Morgan fingerprint density at radius 1 is 1.25 bits per heavy atom. The molecule has 3 nitrogen and oxygen atoms in total. The Morgan fingerprint density at radius 2 is 2.00 bits per heavy atom. The number of aromatic nitrogens is 2. The quantitative estimate of drug-likeness (QED) is 0.744. The van der Waals surface area contributed by atoms with Gasteiger partial charge in [-0.2, -0.15) is 0 Å². The SMILES string of the molecule is Cc1nc(-c2nc3ccccc3cc2Br)sc1C(C)N. The van der Waals surface area contributed by atoms with Gasteiger partial charge in [0, 0.05) is 20.8 Å². The molecule has 3 aromatic rings. The highest BCUT2D eigenvalue weighted by Gasteiger charge is 2.16. The van der Waals surface area contributed by atoms with E-state index in [1.807, 2.05) is 32.0 Å². The zero-order chi connectivity index (χ0) is 14.3. The summed E-state index contributed by atoms with van der Waals surface area (Å²) in [5.74, 6) is 0. The van der Waals surface area contributed by atoms with E-state index in [4.69, 9.17) is 10.7 Å². The van der Waals surface area contributed by atoms with Crippen molar-refractivity contribution in [1.82, 2.24) is 9.97 Å². The summed E-state index contributed by atoms with van der Waals surface area (Å²) in [5, 5.41) is 2.02. The number of hydrogen-bond acceptors (Lipinski definition) is 4. The van der Waals surface area contributed by atoms with Crippen LogP contribution >= 0.6 is 27.3 Å². The first kappa shape index (κ1) is 13.7. The zero-order valence-corrected chi connectivity index (χ0v) is 13.6. The summed E-state index contributed by atoms with van der Waals surface area (Å²) in [6, 6.07) is 10.2. The third-order valence-corrected chi connectivity index (χ3v) is 5.10. The van der Waals surface area contributed by atoms with Gasteiger partial charge in [0.25, 0.3) is 0 Å². The van der Waals surface area contributed by atoms with Gasteiger partial charge in [0.2, 0.25) is 0 Å². The number of fused-ring (bicyclic) bond motifs is 1. The lowest BCUT2D eigenvalue weighted by Crippen LogP contribution is -2.03. The van der Waals surface area contributed by atoms with Crippen molar-refractivity contribution in [2.24, 2.45) is 5.73 Å².